The van der Waals surface area contributed by atoms with Crippen LogP contribution in [0.2, 0.25) is 0 Å². The first kappa shape index (κ1) is 20.5. The summed E-state index contributed by atoms with van der Waals surface area (Å²) in [6.45, 7) is 4.60. The van der Waals surface area contributed by atoms with E-state index in [0.717, 1.165) is 53.9 Å². The lowest BCUT2D eigenvalue weighted by Crippen LogP contribution is -2.03. The fraction of sp³-hybridized carbons (Fsp3) is 0.500. The molecular formula is C20H27N5O2. The minimum atomic E-state index is -0.200. The molecule has 144 valence electrons. The first-order valence-corrected chi connectivity index (χ1v) is 9.28. The molecule has 27 heavy (non-hydrogen) atoms. The Morgan fingerprint density at radius 2 is 2.11 bits per heavy atom. The van der Waals surface area contributed by atoms with Gasteiger partial charge < -0.3 is 9.72 Å². The van der Waals surface area contributed by atoms with Crippen LogP contribution in [0.1, 0.15) is 57.3 Å². The number of esters is 1. The molecular weight excluding hydrogens is 342 g/mol. The van der Waals surface area contributed by atoms with E-state index < -0.39 is 0 Å². The number of nitrogens with one attached hydrogen (secondary N) is 1. The lowest BCUT2D eigenvalue weighted by Gasteiger charge is -2.03. The van der Waals surface area contributed by atoms with E-state index in [1.165, 1.54) is 12.8 Å². The highest BCUT2D eigenvalue weighted by molar-refractivity contribution is 6.04. The second kappa shape index (κ2) is 10.4. The minimum Gasteiger partial charge on any atom is -0.469 e. The topological polar surface area (TPSA) is 103 Å². The highest BCUT2D eigenvalue weighted by Gasteiger charge is 2.18. The van der Waals surface area contributed by atoms with Gasteiger partial charge in [0.1, 0.15) is 0 Å². The Balaban J connectivity index is 1.94. The highest BCUT2D eigenvalue weighted by Crippen LogP contribution is 2.29. The van der Waals surface area contributed by atoms with Crippen LogP contribution in [0.25, 0.3) is 16.5 Å². The summed E-state index contributed by atoms with van der Waals surface area (Å²) in [5, 5.41) is 3.55. The molecule has 1 aliphatic heterocycles. The third kappa shape index (κ3) is 6.15. The van der Waals surface area contributed by atoms with Gasteiger partial charge in [-0.1, -0.05) is 11.5 Å². The number of carbonyl (C=O) groups is 1. The zero-order valence-electron chi connectivity index (χ0n) is 16.3. The van der Waals surface area contributed by atoms with Crippen LogP contribution in [-0.2, 0) is 16.0 Å². The summed E-state index contributed by atoms with van der Waals surface area (Å²) < 4.78 is 4.72. The van der Waals surface area contributed by atoms with Gasteiger partial charge in [0.25, 0.3) is 0 Å². The number of rotatable bonds is 10. The van der Waals surface area contributed by atoms with E-state index in [4.69, 9.17) is 10.3 Å². The number of azide groups is 1. The fourth-order valence-electron chi connectivity index (χ4n) is 3.15. The van der Waals surface area contributed by atoms with Crippen LogP contribution in [-0.4, -0.2) is 30.3 Å². The Kier molecular flexibility index (Phi) is 7.89. The number of aromatic amines is 1. The van der Waals surface area contributed by atoms with E-state index in [1.807, 2.05) is 13.8 Å². The van der Waals surface area contributed by atoms with Crippen LogP contribution in [0, 0.1) is 0 Å². The van der Waals surface area contributed by atoms with Crippen molar-refractivity contribution >= 4 is 17.8 Å². The van der Waals surface area contributed by atoms with Crippen LogP contribution in [0.5, 0.6) is 0 Å². The summed E-state index contributed by atoms with van der Waals surface area (Å²) in [5.41, 5.74) is 14.6. The molecule has 0 aliphatic carbocycles. The van der Waals surface area contributed by atoms with Gasteiger partial charge in [-0.25, -0.2) is 0 Å². The number of hydrogen-bond donors (Lipinski definition) is 1. The average Bonchev–Trinajstić information content (AvgIpc) is 3.21. The molecule has 1 aromatic heterocycles. The molecule has 0 fully saturated rings. The number of H-pyrrole nitrogens is 1. The Hall–Kier alpha value is -2.79. The Bertz CT molecular complexity index is 810. The monoisotopic (exact) mass is 369 g/mol. The van der Waals surface area contributed by atoms with Gasteiger partial charge in [0.05, 0.1) is 12.8 Å². The van der Waals surface area contributed by atoms with Crippen molar-refractivity contribution in [2.24, 2.45) is 10.1 Å². The van der Waals surface area contributed by atoms with Crippen LogP contribution in [0.3, 0.4) is 0 Å². The van der Waals surface area contributed by atoms with E-state index in [0.29, 0.717) is 19.4 Å². The zero-order chi connectivity index (χ0) is 19.6. The van der Waals surface area contributed by atoms with Gasteiger partial charge in [-0.15, -0.1) is 0 Å². The predicted molar refractivity (Wildman–Crippen MR) is 107 cm³/mol. The number of unbranched alkanes of at least 4 members (excludes halogenated alkanes) is 2. The molecule has 0 radical (unpaired) electrons. The molecule has 1 aliphatic rings. The largest absolute Gasteiger partial charge is 0.469 e. The summed E-state index contributed by atoms with van der Waals surface area (Å²) in [5.74, 6) is -0.200. The molecule has 7 heteroatoms. The number of aromatic nitrogens is 1. The number of carbonyl (C=O) groups excluding carboxylic acids is 1. The molecule has 2 heterocycles. The number of nitrogens with zero attached hydrogens (tertiary/aromatic N) is 4. The normalized spacial score (nSPS) is 15.1. The van der Waals surface area contributed by atoms with E-state index in [-0.39, 0.29) is 5.97 Å². The highest BCUT2D eigenvalue weighted by atomic mass is 16.5. The standard InChI is InChI=1S/C20H27N5O2/c1-14-18(10-11-20(26)27-3)15(2)23-19(14)13-17-9-8-16(24-17)7-5-4-6-12-22-25-21/h8-9,13,24H,4-7,10-12H2,1-3H3/b19-13-. The molecule has 0 saturated heterocycles. The van der Waals surface area contributed by atoms with Gasteiger partial charge in [-0.05, 0) is 74.4 Å². The van der Waals surface area contributed by atoms with Crippen molar-refractivity contribution in [1.82, 2.24) is 4.98 Å². The van der Waals surface area contributed by atoms with Crippen molar-refractivity contribution in [2.45, 2.75) is 52.4 Å². The van der Waals surface area contributed by atoms with Gasteiger partial charge in [-0.3, -0.25) is 9.79 Å². The maximum Gasteiger partial charge on any atom is 0.305 e. The van der Waals surface area contributed by atoms with Crippen molar-refractivity contribution in [3.05, 3.63) is 50.8 Å². The van der Waals surface area contributed by atoms with Crippen LogP contribution < -0.4 is 0 Å². The Labute approximate surface area is 159 Å². The lowest BCUT2D eigenvalue weighted by atomic mass is 10.0. The SMILES string of the molecule is COC(=O)CCC1=C(C)/C(=C/c2ccc(CCCCCN=[N+]=[N-])[nH]2)N=C1C. The number of methoxy groups -OCH3 is 1. The van der Waals surface area contributed by atoms with Gasteiger partial charge in [-0.2, -0.15) is 0 Å². The molecule has 0 saturated carbocycles. The second-order valence-corrected chi connectivity index (χ2v) is 6.61. The maximum absolute atomic E-state index is 11.4. The quantitative estimate of drug-likeness (QED) is 0.203. The molecule has 2 rings (SSSR count). The first-order valence-electron chi connectivity index (χ1n) is 9.28. The summed E-state index contributed by atoms with van der Waals surface area (Å²) in [6, 6.07) is 4.16. The summed E-state index contributed by atoms with van der Waals surface area (Å²) >= 11 is 0. The Morgan fingerprint density at radius 3 is 2.85 bits per heavy atom. The molecule has 0 bridgehead atoms. The number of aryl methyl sites for hydroxylation is 1. The van der Waals surface area contributed by atoms with E-state index in [2.05, 4.69) is 38.2 Å². The van der Waals surface area contributed by atoms with Gasteiger partial charge in [0, 0.05) is 35.0 Å². The van der Waals surface area contributed by atoms with Crippen molar-refractivity contribution in [3.8, 4) is 0 Å². The molecule has 0 spiro atoms. The molecule has 0 aromatic carbocycles. The lowest BCUT2D eigenvalue weighted by molar-refractivity contribution is -0.140. The van der Waals surface area contributed by atoms with Crippen LogP contribution in [0.15, 0.2) is 39.1 Å². The second-order valence-electron chi connectivity index (χ2n) is 6.61. The summed E-state index contributed by atoms with van der Waals surface area (Å²) in [6.07, 6.45) is 7.07. The van der Waals surface area contributed by atoms with Gasteiger partial charge in [0.2, 0.25) is 0 Å². The van der Waals surface area contributed by atoms with E-state index >= 15 is 0 Å². The van der Waals surface area contributed by atoms with Crippen LogP contribution >= 0.6 is 0 Å². The zero-order valence-corrected chi connectivity index (χ0v) is 16.3. The van der Waals surface area contributed by atoms with E-state index in [1.54, 1.807) is 0 Å². The first-order chi connectivity index (χ1) is 13.0. The van der Waals surface area contributed by atoms with E-state index in [9.17, 15) is 4.79 Å². The van der Waals surface area contributed by atoms with Crippen molar-refractivity contribution in [2.75, 3.05) is 13.7 Å². The van der Waals surface area contributed by atoms with Crippen molar-refractivity contribution in [1.29, 1.82) is 0 Å². The number of hydrogen-bond acceptors (Lipinski definition) is 4. The average molecular weight is 369 g/mol. The maximum atomic E-state index is 11.4. The molecule has 1 N–H and O–H groups in total. The predicted octanol–water partition coefficient (Wildman–Crippen LogP) is 5.12. The van der Waals surface area contributed by atoms with Gasteiger partial charge in [0.15, 0.2) is 0 Å². The number of ether oxygens (including phenoxy) is 1. The summed E-state index contributed by atoms with van der Waals surface area (Å²) in [7, 11) is 1.41. The van der Waals surface area contributed by atoms with Crippen molar-refractivity contribution in [3.63, 3.8) is 0 Å². The Morgan fingerprint density at radius 1 is 1.30 bits per heavy atom. The molecule has 7 nitrogen and oxygen atoms in total. The minimum absolute atomic E-state index is 0.200. The molecule has 0 atom stereocenters. The number of allylic oxidation sites excluding steroid dienone is 2. The molecule has 0 unspecified atom stereocenters. The summed E-state index contributed by atoms with van der Waals surface area (Å²) in [4.78, 5) is 22.2. The number of aliphatic imine (C=N–C) groups is 1. The molecule has 0 amide bonds. The van der Waals surface area contributed by atoms with Gasteiger partial charge >= 0.3 is 5.97 Å². The fourth-order valence-corrected chi connectivity index (χ4v) is 3.15. The third-order valence-electron chi connectivity index (χ3n) is 4.70. The van der Waals surface area contributed by atoms with Crippen molar-refractivity contribution < 1.29 is 9.53 Å². The van der Waals surface area contributed by atoms with Crippen LogP contribution in [0.4, 0.5) is 0 Å². The molecule has 1 aromatic rings. The smallest absolute Gasteiger partial charge is 0.305 e. The third-order valence-corrected chi connectivity index (χ3v) is 4.70.